The predicted molar refractivity (Wildman–Crippen MR) is 110 cm³/mol. The van der Waals surface area contributed by atoms with Crippen LogP contribution in [-0.2, 0) is 9.59 Å². The van der Waals surface area contributed by atoms with Crippen LogP contribution in [0.15, 0.2) is 78.2 Å². The van der Waals surface area contributed by atoms with Gasteiger partial charge >= 0.3 is 11.8 Å². The number of carbonyl (C=O) groups excluding carboxylic acids is 3. The Morgan fingerprint density at radius 1 is 0.862 bits per heavy atom. The average Bonchev–Trinajstić information content (AvgIpc) is 3.27. The van der Waals surface area contributed by atoms with Crippen molar-refractivity contribution in [3.8, 4) is 5.69 Å². The summed E-state index contributed by atoms with van der Waals surface area (Å²) in [5.74, 6) is -2.37. The summed E-state index contributed by atoms with van der Waals surface area (Å²) in [6.07, 6.45) is 3.88. The number of nitrogens with one attached hydrogen (secondary N) is 2. The second kappa shape index (κ2) is 8.66. The van der Waals surface area contributed by atoms with Crippen LogP contribution in [0.5, 0.6) is 0 Å². The highest BCUT2D eigenvalue weighted by atomic mass is 16.2. The second-order valence-electron chi connectivity index (χ2n) is 6.17. The van der Waals surface area contributed by atoms with E-state index in [9.17, 15) is 14.4 Å². The molecule has 1 aromatic heterocycles. The second-order valence-corrected chi connectivity index (χ2v) is 6.17. The van der Waals surface area contributed by atoms with Crippen molar-refractivity contribution in [2.24, 2.45) is 10.8 Å². The van der Waals surface area contributed by atoms with Gasteiger partial charge in [0.2, 0.25) is 5.91 Å². The van der Waals surface area contributed by atoms with E-state index in [1.54, 1.807) is 6.92 Å². The van der Waals surface area contributed by atoms with E-state index in [0.29, 0.717) is 17.0 Å². The molecule has 4 N–H and O–H groups in total. The molecule has 0 spiro atoms. The van der Waals surface area contributed by atoms with Gasteiger partial charge < -0.3 is 15.6 Å². The highest BCUT2D eigenvalue weighted by Crippen LogP contribution is 2.11. The molecule has 8 nitrogen and oxygen atoms in total. The maximum atomic E-state index is 12.0. The number of hydrogen-bond acceptors (Lipinski definition) is 4. The van der Waals surface area contributed by atoms with Crippen LogP contribution >= 0.6 is 0 Å². The predicted octanol–water partition coefficient (Wildman–Crippen LogP) is 2.06. The quantitative estimate of drug-likeness (QED) is 0.352. The molecule has 0 unspecified atom stereocenters. The number of hydrazone groups is 1. The monoisotopic (exact) mass is 389 g/mol. The first kappa shape index (κ1) is 19.6. The van der Waals surface area contributed by atoms with Crippen LogP contribution in [0, 0.1) is 0 Å². The van der Waals surface area contributed by atoms with Crippen LogP contribution in [0.4, 0.5) is 5.69 Å². The molecule has 146 valence electrons. The van der Waals surface area contributed by atoms with Gasteiger partial charge in [-0.2, -0.15) is 5.10 Å². The summed E-state index contributed by atoms with van der Waals surface area (Å²) in [7, 11) is 0. The maximum absolute atomic E-state index is 12.0. The zero-order valence-electron chi connectivity index (χ0n) is 15.6. The number of amides is 3. The van der Waals surface area contributed by atoms with E-state index in [4.69, 9.17) is 5.73 Å². The number of nitrogens with zero attached hydrogens (tertiary/aromatic N) is 2. The number of primary amides is 1. The van der Waals surface area contributed by atoms with Gasteiger partial charge in [0.25, 0.3) is 0 Å². The molecule has 0 fully saturated rings. The molecule has 0 aliphatic heterocycles. The average molecular weight is 389 g/mol. The lowest BCUT2D eigenvalue weighted by Crippen LogP contribution is -2.33. The van der Waals surface area contributed by atoms with Crippen LogP contribution in [-0.4, -0.2) is 28.0 Å². The number of carbonyl (C=O) groups is 3. The fourth-order valence-corrected chi connectivity index (χ4v) is 2.54. The van der Waals surface area contributed by atoms with E-state index in [0.717, 1.165) is 11.3 Å². The summed E-state index contributed by atoms with van der Waals surface area (Å²) < 4.78 is 1.97. The molecule has 0 aliphatic rings. The van der Waals surface area contributed by atoms with Crippen molar-refractivity contribution in [3.05, 3.63) is 84.2 Å². The SMILES string of the molecule is CC(=NNC(=O)C(=O)Nc1ccc(C(N)=O)cc1)c1ccc(-n2cccc2)cc1. The maximum Gasteiger partial charge on any atom is 0.329 e. The Morgan fingerprint density at radius 2 is 1.45 bits per heavy atom. The summed E-state index contributed by atoms with van der Waals surface area (Å²) >= 11 is 0. The normalized spacial score (nSPS) is 11.0. The first-order chi connectivity index (χ1) is 13.9. The Kier molecular flexibility index (Phi) is 5.84. The van der Waals surface area contributed by atoms with Gasteiger partial charge in [-0.1, -0.05) is 12.1 Å². The minimum Gasteiger partial charge on any atom is -0.366 e. The summed E-state index contributed by atoms with van der Waals surface area (Å²) in [5, 5.41) is 6.39. The molecule has 1 heterocycles. The first-order valence-corrected chi connectivity index (χ1v) is 8.73. The zero-order chi connectivity index (χ0) is 20.8. The van der Waals surface area contributed by atoms with Crippen molar-refractivity contribution < 1.29 is 14.4 Å². The van der Waals surface area contributed by atoms with Crippen LogP contribution in [0.3, 0.4) is 0 Å². The summed E-state index contributed by atoms with van der Waals surface area (Å²) in [5.41, 5.74) is 10.4. The van der Waals surface area contributed by atoms with E-state index >= 15 is 0 Å². The Hall–Kier alpha value is -4.20. The van der Waals surface area contributed by atoms with E-state index < -0.39 is 17.7 Å². The Morgan fingerprint density at radius 3 is 2.03 bits per heavy atom. The Bertz CT molecular complexity index is 1050. The van der Waals surface area contributed by atoms with Crippen molar-refractivity contribution >= 4 is 29.1 Å². The first-order valence-electron chi connectivity index (χ1n) is 8.73. The van der Waals surface area contributed by atoms with Gasteiger partial charge in [0, 0.05) is 29.3 Å². The lowest BCUT2D eigenvalue weighted by atomic mass is 10.1. The molecular formula is C21H19N5O3. The summed E-state index contributed by atoms with van der Waals surface area (Å²) in [6, 6.07) is 17.3. The lowest BCUT2D eigenvalue weighted by molar-refractivity contribution is -0.136. The van der Waals surface area contributed by atoms with E-state index in [2.05, 4.69) is 15.8 Å². The van der Waals surface area contributed by atoms with E-state index in [1.165, 1.54) is 24.3 Å². The third-order valence-corrected chi connectivity index (χ3v) is 4.15. The Labute approximate surface area is 167 Å². The smallest absolute Gasteiger partial charge is 0.329 e. The molecule has 3 aromatic rings. The van der Waals surface area contributed by atoms with Crippen molar-refractivity contribution in [1.82, 2.24) is 9.99 Å². The van der Waals surface area contributed by atoms with Crippen LogP contribution in [0.2, 0.25) is 0 Å². The van der Waals surface area contributed by atoms with Crippen molar-refractivity contribution in [1.29, 1.82) is 0 Å². The number of nitrogens with two attached hydrogens (primary N) is 1. The molecule has 2 aromatic carbocycles. The molecule has 29 heavy (non-hydrogen) atoms. The highest BCUT2D eigenvalue weighted by molar-refractivity contribution is 6.39. The number of rotatable bonds is 5. The van der Waals surface area contributed by atoms with Gasteiger partial charge in [-0.25, -0.2) is 5.43 Å². The van der Waals surface area contributed by atoms with Gasteiger partial charge in [0.1, 0.15) is 0 Å². The van der Waals surface area contributed by atoms with Crippen LogP contribution in [0.25, 0.3) is 5.69 Å². The van der Waals surface area contributed by atoms with Gasteiger partial charge in [-0.15, -0.1) is 0 Å². The molecule has 0 aliphatic carbocycles. The number of anilines is 1. The van der Waals surface area contributed by atoms with Gasteiger partial charge in [-0.3, -0.25) is 14.4 Å². The van der Waals surface area contributed by atoms with Gasteiger partial charge in [-0.05, 0) is 61.0 Å². The van der Waals surface area contributed by atoms with E-state index in [-0.39, 0.29) is 0 Å². The van der Waals surface area contributed by atoms with Gasteiger partial charge in [0.15, 0.2) is 0 Å². The fourth-order valence-electron chi connectivity index (χ4n) is 2.54. The summed E-state index contributed by atoms with van der Waals surface area (Å²) in [4.78, 5) is 35.0. The molecule has 3 amide bonds. The standard InChI is InChI=1S/C21H19N5O3/c1-14(15-6-10-18(11-7-15)26-12-2-3-13-26)24-25-21(29)20(28)23-17-8-4-16(5-9-17)19(22)27/h2-13H,1H3,(H2,22,27)(H,23,28)(H,25,29). The lowest BCUT2D eigenvalue weighted by Gasteiger charge is -2.07. The number of aromatic nitrogens is 1. The van der Waals surface area contributed by atoms with Crippen LogP contribution in [0.1, 0.15) is 22.8 Å². The number of hydrogen-bond donors (Lipinski definition) is 3. The summed E-state index contributed by atoms with van der Waals surface area (Å²) in [6.45, 7) is 1.73. The zero-order valence-corrected chi connectivity index (χ0v) is 15.6. The third kappa shape index (κ3) is 4.95. The van der Waals surface area contributed by atoms with Gasteiger partial charge in [0.05, 0.1) is 5.71 Å². The minimum absolute atomic E-state index is 0.301. The van der Waals surface area contributed by atoms with Crippen molar-refractivity contribution in [2.75, 3.05) is 5.32 Å². The van der Waals surface area contributed by atoms with E-state index in [1.807, 2.05) is 53.4 Å². The molecule has 0 saturated carbocycles. The topological polar surface area (TPSA) is 119 Å². The highest BCUT2D eigenvalue weighted by Gasteiger charge is 2.13. The third-order valence-electron chi connectivity index (χ3n) is 4.15. The number of benzene rings is 2. The largest absolute Gasteiger partial charge is 0.366 e. The molecule has 0 bridgehead atoms. The van der Waals surface area contributed by atoms with Crippen molar-refractivity contribution in [2.45, 2.75) is 6.92 Å². The molecule has 8 heteroatoms. The van der Waals surface area contributed by atoms with Crippen molar-refractivity contribution in [3.63, 3.8) is 0 Å². The molecule has 3 rings (SSSR count). The molecule has 0 saturated heterocycles. The minimum atomic E-state index is -0.910. The van der Waals surface area contributed by atoms with Crippen LogP contribution < -0.4 is 16.5 Å². The fraction of sp³-hybridized carbons (Fsp3) is 0.0476. The molecular weight excluding hydrogens is 370 g/mol. The molecule has 0 radical (unpaired) electrons. The Balaban J connectivity index is 1.58. The molecule has 0 atom stereocenters.